The summed E-state index contributed by atoms with van der Waals surface area (Å²) in [5.74, 6) is 0. The highest BCUT2D eigenvalue weighted by atomic mass is 16.3. The van der Waals surface area contributed by atoms with E-state index >= 15 is 0 Å². The van der Waals surface area contributed by atoms with E-state index in [1.807, 2.05) is 12.4 Å². The minimum atomic E-state index is -0.352. The molecule has 0 bridgehead atoms. The first-order valence-corrected chi connectivity index (χ1v) is 6.62. The number of aliphatic hydroxyl groups excluding tert-OH is 1. The smallest absolute Gasteiger partial charge is 0.0611 e. The standard InChI is InChI=1S/C14H23N3O/c1-17(9-5-12-3-7-16-8-4-12)13-2-6-14(15,10-13)11-18/h3-4,7-8,13,18H,2,5-6,9-11,15H2,1H3. The summed E-state index contributed by atoms with van der Waals surface area (Å²) in [5.41, 5.74) is 7.07. The van der Waals surface area contributed by atoms with E-state index in [0.29, 0.717) is 6.04 Å². The molecule has 1 aliphatic rings. The van der Waals surface area contributed by atoms with Crippen molar-refractivity contribution in [1.29, 1.82) is 0 Å². The highest BCUT2D eigenvalue weighted by Crippen LogP contribution is 2.30. The van der Waals surface area contributed by atoms with E-state index in [1.54, 1.807) is 0 Å². The Bertz CT molecular complexity index is 371. The number of hydrogen-bond donors (Lipinski definition) is 2. The molecule has 100 valence electrons. The Labute approximate surface area is 109 Å². The Hall–Kier alpha value is -0.970. The van der Waals surface area contributed by atoms with Crippen LogP contribution >= 0.6 is 0 Å². The van der Waals surface area contributed by atoms with Crippen molar-refractivity contribution < 1.29 is 5.11 Å². The molecule has 0 spiro atoms. The maximum atomic E-state index is 9.28. The second kappa shape index (κ2) is 5.78. The molecule has 1 aromatic rings. The van der Waals surface area contributed by atoms with Gasteiger partial charge in [0.25, 0.3) is 0 Å². The summed E-state index contributed by atoms with van der Waals surface area (Å²) in [4.78, 5) is 6.39. The van der Waals surface area contributed by atoms with E-state index in [1.165, 1.54) is 5.56 Å². The zero-order chi connectivity index (χ0) is 13.0. The number of pyridine rings is 1. The van der Waals surface area contributed by atoms with Crippen molar-refractivity contribution in [3.63, 3.8) is 0 Å². The van der Waals surface area contributed by atoms with Crippen molar-refractivity contribution in [1.82, 2.24) is 9.88 Å². The summed E-state index contributed by atoms with van der Waals surface area (Å²) in [6, 6.07) is 4.62. The average Bonchev–Trinajstić information content (AvgIpc) is 2.81. The lowest BCUT2D eigenvalue weighted by Gasteiger charge is -2.26. The van der Waals surface area contributed by atoms with Crippen LogP contribution in [0.1, 0.15) is 24.8 Å². The molecule has 1 fully saturated rings. The summed E-state index contributed by atoms with van der Waals surface area (Å²) in [7, 11) is 2.15. The number of aliphatic hydroxyl groups is 1. The van der Waals surface area contributed by atoms with Gasteiger partial charge >= 0.3 is 0 Å². The van der Waals surface area contributed by atoms with Gasteiger partial charge in [-0.3, -0.25) is 4.98 Å². The Kier molecular flexibility index (Phi) is 4.32. The lowest BCUT2D eigenvalue weighted by Crippen LogP contribution is -2.43. The van der Waals surface area contributed by atoms with Crippen LogP contribution in [0.3, 0.4) is 0 Å². The molecule has 0 aliphatic heterocycles. The monoisotopic (exact) mass is 249 g/mol. The van der Waals surface area contributed by atoms with Crippen molar-refractivity contribution in [3.8, 4) is 0 Å². The zero-order valence-electron chi connectivity index (χ0n) is 11.0. The van der Waals surface area contributed by atoms with Crippen molar-refractivity contribution in [2.24, 2.45) is 5.73 Å². The van der Waals surface area contributed by atoms with Gasteiger partial charge in [-0.1, -0.05) is 0 Å². The minimum absolute atomic E-state index is 0.0989. The molecule has 1 aliphatic carbocycles. The second-order valence-electron chi connectivity index (χ2n) is 5.50. The third-order valence-electron chi connectivity index (χ3n) is 4.06. The van der Waals surface area contributed by atoms with Gasteiger partial charge in [-0.25, -0.2) is 0 Å². The van der Waals surface area contributed by atoms with Crippen LogP contribution in [0.25, 0.3) is 0 Å². The number of nitrogens with zero attached hydrogens (tertiary/aromatic N) is 2. The van der Waals surface area contributed by atoms with Crippen LogP contribution in [0.15, 0.2) is 24.5 Å². The largest absolute Gasteiger partial charge is 0.394 e. The van der Waals surface area contributed by atoms with Gasteiger partial charge in [0, 0.05) is 30.5 Å². The van der Waals surface area contributed by atoms with Crippen molar-refractivity contribution in [3.05, 3.63) is 30.1 Å². The van der Waals surface area contributed by atoms with E-state index in [0.717, 1.165) is 32.2 Å². The van der Waals surface area contributed by atoms with Crippen LogP contribution in [0.5, 0.6) is 0 Å². The first-order chi connectivity index (χ1) is 8.63. The maximum Gasteiger partial charge on any atom is 0.0611 e. The van der Waals surface area contributed by atoms with Crippen LogP contribution in [-0.2, 0) is 6.42 Å². The Morgan fingerprint density at radius 3 is 2.83 bits per heavy atom. The number of rotatable bonds is 5. The molecule has 1 aromatic heterocycles. The molecule has 1 heterocycles. The van der Waals surface area contributed by atoms with Crippen LogP contribution in [0, 0.1) is 0 Å². The van der Waals surface area contributed by atoms with Crippen molar-refractivity contribution in [2.45, 2.75) is 37.3 Å². The van der Waals surface area contributed by atoms with Gasteiger partial charge < -0.3 is 15.7 Å². The van der Waals surface area contributed by atoms with Gasteiger partial charge in [0.05, 0.1) is 6.61 Å². The molecule has 18 heavy (non-hydrogen) atoms. The molecule has 2 atom stereocenters. The fourth-order valence-corrected chi connectivity index (χ4v) is 2.68. The topological polar surface area (TPSA) is 62.4 Å². The van der Waals surface area contributed by atoms with Gasteiger partial charge in [-0.2, -0.15) is 0 Å². The summed E-state index contributed by atoms with van der Waals surface area (Å²) in [5, 5.41) is 9.28. The third-order valence-corrected chi connectivity index (χ3v) is 4.06. The number of nitrogens with two attached hydrogens (primary N) is 1. The summed E-state index contributed by atoms with van der Waals surface area (Å²) < 4.78 is 0. The molecule has 4 nitrogen and oxygen atoms in total. The van der Waals surface area contributed by atoms with E-state index in [-0.39, 0.29) is 12.1 Å². The van der Waals surface area contributed by atoms with Gasteiger partial charge in [0.15, 0.2) is 0 Å². The summed E-state index contributed by atoms with van der Waals surface area (Å²) in [6.45, 7) is 1.12. The van der Waals surface area contributed by atoms with Crippen LogP contribution in [0.2, 0.25) is 0 Å². The average molecular weight is 249 g/mol. The van der Waals surface area contributed by atoms with Crippen LogP contribution in [-0.4, -0.2) is 46.8 Å². The van der Waals surface area contributed by atoms with E-state index < -0.39 is 0 Å². The third kappa shape index (κ3) is 3.28. The molecule has 3 N–H and O–H groups in total. The fraction of sp³-hybridized carbons (Fsp3) is 0.643. The lowest BCUT2D eigenvalue weighted by molar-refractivity contribution is 0.181. The molecule has 0 radical (unpaired) electrons. The normalized spacial score (nSPS) is 27.9. The first-order valence-electron chi connectivity index (χ1n) is 6.62. The molecule has 0 saturated heterocycles. The van der Waals surface area contributed by atoms with Crippen LogP contribution in [0.4, 0.5) is 0 Å². The van der Waals surface area contributed by atoms with Crippen LogP contribution < -0.4 is 5.73 Å². The summed E-state index contributed by atoms with van der Waals surface area (Å²) >= 11 is 0. The summed E-state index contributed by atoms with van der Waals surface area (Å²) in [6.07, 6.45) is 7.61. The minimum Gasteiger partial charge on any atom is -0.394 e. The highest BCUT2D eigenvalue weighted by Gasteiger charge is 2.36. The molecular weight excluding hydrogens is 226 g/mol. The zero-order valence-corrected chi connectivity index (χ0v) is 11.0. The molecule has 1 saturated carbocycles. The van der Waals surface area contributed by atoms with Gasteiger partial charge in [-0.15, -0.1) is 0 Å². The Morgan fingerprint density at radius 1 is 1.50 bits per heavy atom. The number of likely N-dealkylation sites (N-methyl/N-ethyl adjacent to an activating group) is 1. The molecule has 4 heteroatoms. The molecular formula is C14H23N3O. The second-order valence-corrected chi connectivity index (χ2v) is 5.50. The first kappa shape index (κ1) is 13.5. The van der Waals surface area contributed by atoms with Gasteiger partial charge in [-0.05, 0) is 50.4 Å². The van der Waals surface area contributed by atoms with E-state index in [4.69, 9.17) is 5.73 Å². The Morgan fingerprint density at radius 2 is 2.22 bits per heavy atom. The number of hydrogen-bond acceptors (Lipinski definition) is 4. The molecule has 2 rings (SSSR count). The molecule has 0 amide bonds. The Balaban J connectivity index is 1.81. The SMILES string of the molecule is CN(CCc1ccncc1)C1CCC(N)(CO)C1. The fourth-order valence-electron chi connectivity index (χ4n) is 2.68. The van der Waals surface area contributed by atoms with Gasteiger partial charge in [0.2, 0.25) is 0 Å². The quantitative estimate of drug-likeness (QED) is 0.810. The van der Waals surface area contributed by atoms with Crippen molar-refractivity contribution >= 4 is 0 Å². The van der Waals surface area contributed by atoms with E-state index in [9.17, 15) is 5.11 Å². The maximum absolute atomic E-state index is 9.28. The number of aromatic nitrogens is 1. The van der Waals surface area contributed by atoms with Gasteiger partial charge in [0.1, 0.15) is 0 Å². The molecule has 0 aromatic carbocycles. The predicted octanol–water partition coefficient (Wildman–Crippen LogP) is 0.798. The molecule has 2 unspecified atom stereocenters. The van der Waals surface area contributed by atoms with E-state index in [2.05, 4.69) is 29.1 Å². The van der Waals surface area contributed by atoms with Crippen molar-refractivity contribution in [2.75, 3.05) is 20.2 Å². The lowest BCUT2D eigenvalue weighted by atomic mass is 10.0. The highest BCUT2D eigenvalue weighted by molar-refractivity contribution is 5.10. The predicted molar refractivity (Wildman–Crippen MR) is 72.2 cm³/mol.